The Kier molecular flexibility index (Phi) is 42.6. The van der Waals surface area contributed by atoms with Crippen molar-refractivity contribution in [3.63, 3.8) is 0 Å². The zero-order chi connectivity index (χ0) is 38.7. The van der Waals surface area contributed by atoms with E-state index < -0.39 is 12.1 Å². The number of unbranched alkanes of at least 4 members (excludes halogenated alkanes) is 33. The highest BCUT2D eigenvalue weighted by atomic mass is 16.5. The molecule has 0 aromatic rings. The van der Waals surface area contributed by atoms with Crippen molar-refractivity contribution in [1.82, 2.24) is 5.32 Å². The highest BCUT2D eigenvalue weighted by Crippen LogP contribution is 2.16. The summed E-state index contributed by atoms with van der Waals surface area (Å²) in [7, 11) is 0. The number of ether oxygens (including phenoxy) is 1. The van der Waals surface area contributed by atoms with Crippen LogP contribution in [0.5, 0.6) is 0 Å². The van der Waals surface area contributed by atoms with Crippen LogP contribution in [0.25, 0.3) is 0 Å². The summed E-state index contributed by atoms with van der Waals surface area (Å²) in [5.74, 6) is -0.0653. The average Bonchev–Trinajstić information content (AvgIpc) is 3.16. The van der Waals surface area contributed by atoms with Gasteiger partial charge in [0.15, 0.2) is 0 Å². The summed E-state index contributed by atoms with van der Waals surface area (Å²) >= 11 is 0. The number of nitrogens with one attached hydrogen (secondary N) is 1. The molecule has 2 atom stereocenters. The lowest BCUT2D eigenvalue weighted by Crippen LogP contribution is -2.45. The Balaban J connectivity index is 3.45. The minimum Gasteiger partial charge on any atom is -0.466 e. The number of amides is 1. The highest BCUT2D eigenvalue weighted by Gasteiger charge is 2.20. The van der Waals surface area contributed by atoms with Crippen molar-refractivity contribution in [1.29, 1.82) is 0 Å². The molecule has 0 radical (unpaired) electrons. The molecule has 0 aliphatic heterocycles. The van der Waals surface area contributed by atoms with Gasteiger partial charge in [-0.3, -0.25) is 9.59 Å². The van der Waals surface area contributed by atoms with E-state index in [1.165, 1.54) is 173 Å². The van der Waals surface area contributed by atoms with E-state index in [0.717, 1.165) is 57.8 Å². The third kappa shape index (κ3) is 40.3. The minimum absolute atomic E-state index is 0.0120. The van der Waals surface area contributed by atoms with Crippen molar-refractivity contribution in [3.05, 3.63) is 0 Å². The monoisotopic (exact) mass is 752 g/mol. The van der Waals surface area contributed by atoms with Crippen LogP contribution in [0.2, 0.25) is 0 Å². The third-order valence-electron chi connectivity index (χ3n) is 11.2. The lowest BCUT2D eigenvalue weighted by Gasteiger charge is -2.22. The van der Waals surface area contributed by atoms with Crippen molar-refractivity contribution in [3.8, 4) is 0 Å². The van der Waals surface area contributed by atoms with Crippen molar-refractivity contribution in [2.24, 2.45) is 0 Å². The first-order valence-electron chi connectivity index (χ1n) is 23.8. The number of carbonyl (C=O) groups is 2. The summed E-state index contributed by atoms with van der Waals surface area (Å²) in [5.41, 5.74) is 0. The molecule has 3 N–H and O–H groups in total. The molecule has 0 saturated carbocycles. The van der Waals surface area contributed by atoms with Gasteiger partial charge in [-0.2, -0.15) is 0 Å². The Labute approximate surface area is 330 Å². The standard InChI is InChI=1S/C47H93NO5/c1-3-5-7-9-11-13-15-17-21-25-29-33-37-41-47(52)53-42-38-34-30-26-22-18-20-24-28-32-36-40-46(51)48-44(43-49)45(50)39-35-31-27-23-19-16-14-12-10-8-6-4-2/h44-45,49-50H,3-43H2,1-2H3,(H,48,51). The number of hydrogen-bond acceptors (Lipinski definition) is 5. The Morgan fingerprint density at radius 1 is 0.453 bits per heavy atom. The Morgan fingerprint density at radius 3 is 1.15 bits per heavy atom. The molecule has 6 nitrogen and oxygen atoms in total. The fourth-order valence-electron chi connectivity index (χ4n) is 7.46. The summed E-state index contributed by atoms with van der Waals surface area (Å²) in [4.78, 5) is 24.4. The van der Waals surface area contributed by atoms with E-state index in [1.54, 1.807) is 0 Å². The molecule has 53 heavy (non-hydrogen) atoms. The van der Waals surface area contributed by atoms with Crippen LogP contribution in [0, 0.1) is 0 Å². The van der Waals surface area contributed by atoms with Crippen molar-refractivity contribution in [2.45, 2.75) is 276 Å². The van der Waals surface area contributed by atoms with Crippen LogP contribution >= 0.6 is 0 Å². The molecule has 0 aromatic carbocycles. The van der Waals surface area contributed by atoms with Gasteiger partial charge < -0.3 is 20.3 Å². The van der Waals surface area contributed by atoms with Crippen LogP contribution in [-0.2, 0) is 14.3 Å². The number of hydrogen-bond donors (Lipinski definition) is 3. The number of aliphatic hydroxyl groups is 2. The Bertz CT molecular complexity index is 746. The van der Waals surface area contributed by atoms with E-state index >= 15 is 0 Å². The summed E-state index contributed by atoms with van der Waals surface area (Å²) in [6, 6.07) is -0.552. The van der Waals surface area contributed by atoms with Gasteiger partial charge in [-0.1, -0.05) is 226 Å². The zero-order valence-corrected chi connectivity index (χ0v) is 35.8. The second-order valence-corrected chi connectivity index (χ2v) is 16.5. The van der Waals surface area contributed by atoms with Gasteiger partial charge in [0.05, 0.1) is 25.4 Å². The number of rotatable bonds is 44. The van der Waals surface area contributed by atoms with E-state index in [0.29, 0.717) is 25.9 Å². The van der Waals surface area contributed by atoms with Gasteiger partial charge in [0, 0.05) is 12.8 Å². The van der Waals surface area contributed by atoms with Crippen LogP contribution in [0.3, 0.4) is 0 Å². The van der Waals surface area contributed by atoms with Gasteiger partial charge in [0.2, 0.25) is 5.91 Å². The second kappa shape index (κ2) is 43.6. The van der Waals surface area contributed by atoms with Crippen LogP contribution in [0.15, 0.2) is 0 Å². The fourth-order valence-corrected chi connectivity index (χ4v) is 7.46. The quantitative estimate of drug-likeness (QED) is 0.0425. The van der Waals surface area contributed by atoms with Gasteiger partial charge in [0.1, 0.15) is 0 Å². The summed E-state index contributed by atoms with van der Waals surface area (Å²) in [6.45, 7) is 4.91. The molecule has 1 amide bonds. The van der Waals surface area contributed by atoms with E-state index in [4.69, 9.17) is 4.74 Å². The molecule has 6 heteroatoms. The topological polar surface area (TPSA) is 95.9 Å². The van der Waals surface area contributed by atoms with Gasteiger partial charge in [-0.15, -0.1) is 0 Å². The van der Waals surface area contributed by atoms with Gasteiger partial charge in [-0.25, -0.2) is 0 Å². The lowest BCUT2D eigenvalue weighted by atomic mass is 10.0. The largest absolute Gasteiger partial charge is 0.466 e. The van der Waals surface area contributed by atoms with Crippen LogP contribution in [0.4, 0.5) is 0 Å². The molecule has 0 saturated heterocycles. The highest BCUT2D eigenvalue weighted by molar-refractivity contribution is 5.76. The van der Waals surface area contributed by atoms with E-state index in [-0.39, 0.29) is 18.5 Å². The summed E-state index contributed by atoms with van der Waals surface area (Å²) in [6.07, 6.45) is 46.3. The van der Waals surface area contributed by atoms with E-state index in [2.05, 4.69) is 19.2 Å². The van der Waals surface area contributed by atoms with Crippen molar-refractivity contribution < 1.29 is 24.5 Å². The molecular weight excluding hydrogens is 659 g/mol. The molecular formula is C47H93NO5. The molecule has 0 aliphatic carbocycles. The third-order valence-corrected chi connectivity index (χ3v) is 11.2. The van der Waals surface area contributed by atoms with Crippen LogP contribution in [-0.4, -0.2) is 47.4 Å². The van der Waals surface area contributed by atoms with Crippen LogP contribution in [0.1, 0.15) is 264 Å². The molecule has 0 fully saturated rings. The summed E-state index contributed by atoms with van der Waals surface area (Å²) < 4.78 is 5.45. The van der Waals surface area contributed by atoms with Crippen molar-refractivity contribution in [2.75, 3.05) is 13.2 Å². The number of carbonyl (C=O) groups excluding carboxylic acids is 2. The molecule has 0 rings (SSSR count). The predicted molar refractivity (Wildman–Crippen MR) is 227 cm³/mol. The molecule has 0 aromatic heterocycles. The minimum atomic E-state index is -0.673. The second-order valence-electron chi connectivity index (χ2n) is 16.5. The van der Waals surface area contributed by atoms with Gasteiger partial charge >= 0.3 is 5.97 Å². The maximum Gasteiger partial charge on any atom is 0.305 e. The zero-order valence-electron chi connectivity index (χ0n) is 35.8. The van der Waals surface area contributed by atoms with Gasteiger partial charge in [-0.05, 0) is 25.7 Å². The predicted octanol–water partition coefficient (Wildman–Crippen LogP) is 13.6. The molecule has 0 heterocycles. The number of aliphatic hydroxyl groups excluding tert-OH is 2. The SMILES string of the molecule is CCCCCCCCCCCCCCCC(=O)OCCCCCCCCCCCCCC(=O)NC(CO)C(O)CCCCCCCCCCCCCC. The first-order valence-corrected chi connectivity index (χ1v) is 23.8. The van der Waals surface area contributed by atoms with E-state index in [9.17, 15) is 19.8 Å². The average molecular weight is 752 g/mol. The number of esters is 1. The molecule has 0 spiro atoms. The molecule has 2 unspecified atom stereocenters. The molecule has 0 aliphatic rings. The fraction of sp³-hybridized carbons (Fsp3) is 0.957. The maximum absolute atomic E-state index is 12.4. The summed E-state index contributed by atoms with van der Waals surface area (Å²) in [5, 5.41) is 23.1. The molecule has 316 valence electrons. The van der Waals surface area contributed by atoms with Gasteiger partial charge in [0.25, 0.3) is 0 Å². The first kappa shape index (κ1) is 51.9. The van der Waals surface area contributed by atoms with E-state index in [1.807, 2.05) is 0 Å². The Hall–Kier alpha value is -1.14. The Morgan fingerprint density at radius 2 is 0.774 bits per heavy atom. The first-order chi connectivity index (χ1) is 26.0. The smallest absolute Gasteiger partial charge is 0.305 e. The maximum atomic E-state index is 12.4. The van der Waals surface area contributed by atoms with Crippen molar-refractivity contribution >= 4 is 11.9 Å². The normalized spacial score (nSPS) is 12.6. The lowest BCUT2D eigenvalue weighted by molar-refractivity contribution is -0.143. The van der Waals surface area contributed by atoms with Crippen LogP contribution < -0.4 is 5.32 Å². The molecule has 0 bridgehead atoms.